The van der Waals surface area contributed by atoms with E-state index in [1.165, 1.54) is 23.8 Å². The first-order chi connectivity index (χ1) is 17.0. The molecule has 8 nitrogen and oxygen atoms in total. The van der Waals surface area contributed by atoms with E-state index in [1.807, 2.05) is 18.2 Å². The average molecular weight is 472 g/mol. The lowest BCUT2D eigenvalue weighted by molar-refractivity contribution is -0.136. The number of nitrogens with zero attached hydrogens (tertiary/aromatic N) is 4. The zero-order valence-corrected chi connectivity index (χ0v) is 19.9. The monoisotopic (exact) mass is 471 g/mol. The number of amides is 3. The second kappa shape index (κ2) is 8.61. The number of likely N-dealkylation sites (tertiary alicyclic amines) is 1. The van der Waals surface area contributed by atoms with Crippen molar-refractivity contribution in [2.24, 2.45) is 0 Å². The predicted molar refractivity (Wildman–Crippen MR) is 131 cm³/mol. The van der Waals surface area contributed by atoms with E-state index in [-0.39, 0.29) is 24.1 Å². The van der Waals surface area contributed by atoms with E-state index in [9.17, 15) is 14.4 Å². The van der Waals surface area contributed by atoms with Gasteiger partial charge in [0.15, 0.2) is 0 Å². The van der Waals surface area contributed by atoms with Gasteiger partial charge in [0.1, 0.15) is 11.7 Å². The molecular weight excluding hydrogens is 442 g/mol. The van der Waals surface area contributed by atoms with Crippen LogP contribution in [0.25, 0.3) is 22.3 Å². The highest BCUT2D eigenvalue weighted by Gasteiger charge is 2.39. The van der Waals surface area contributed by atoms with Crippen molar-refractivity contribution in [1.29, 1.82) is 0 Å². The summed E-state index contributed by atoms with van der Waals surface area (Å²) < 4.78 is 2.17. The number of fused-ring (bicyclic) bond motifs is 2. The Hall–Kier alpha value is -3.52. The van der Waals surface area contributed by atoms with E-state index < -0.39 is 6.04 Å². The van der Waals surface area contributed by atoms with Crippen molar-refractivity contribution in [3.05, 3.63) is 53.2 Å². The number of carbonyl (C=O) groups is 3. The highest BCUT2D eigenvalue weighted by Crippen LogP contribution is 2.33. The van der Waals surface area contributed by atoms with Crippen LogP contribution in [0.1, 0.15) is 54.1 Å². The zero-order valence-electron chi connectivity index (χ0n) is 19.9. The molecule has 0 saturated carbocycles. The van der Waals surface area contributed by atoms with Gasteiger partial charge in [-0.15, -0.1) is 0 Å². The molecule has 180 valence electrons. The fraction of sp³-hybridized carbons (Fsp3) is 0.407. The van der Waals surface area contributed by atoms with Crippen LogP contribution in [-0.2, 0) is 29.2 Å². The number of nitrogens with one attached hydrogen (secondary N) is 1. The Morgan fingerprint density at radius 2 is 1.91 bits per heavy atom. The number of pyridine rings is 1. The number of benzene rings is 1. The summed E-state index contributed by atoms with van der Waals surface area (Å²) in [6, 6.07) is 9.59. The topological polar surface area (TPSA) is 87.5 Å². The fourth-order valence-electron chi connectivity index (χ4n) is 5.68. The minimum Gasteiger partial charge on any atom is -0.333 e. The number of imide groups is 1. The van der Waals surface area contributed by atoms with Crippen LogP contribution in [0.3, 0.4) is 0 Å². The molecule has 3 aromatic rings. The van der Waals surface area contributed by atoms with Gasteiger partial charge in [0, 0.05) is 48.8 Å². The lowest BCUT2D eigenvalue weighted by Crippen LogP contribution is -2.52. The highest BCUT2D eigenvalue weighted by atomic mass is 16.2. The fourth-order valence-corrected chi connectivity index (χ4v) is 5.68. The molecule has 2 fully saturated rings. The summed E-state index contributed by atoms with van der Waals surface area (Å²) in [6.45, 7) is 6.51. The number of carbonyl (C=O) groups excluding carboxylic acids is 3. The summed E-state index contributed by atoms with van der Waals surface area (Å²) >= 11 is 0. The van der Waals surface area contributed by atoms with Gasteiger partial charge in [-0.2, -0.15) is 0 Å². The minimum absolute atomic E-state index is 0.154. The van der Waals surface area contributed by atoms with Gasteiger partial charge in [-0.25, -0.2) is 4.98 Å². The van der Waals surface area contributed by atoms with Crippen molar-refractivity contribution in [2.45, 2.75) is 58.3 Å². The van der Waals surface area contributed by atoms with Crippen molar-refractivity contribution >= 4 is 28.8 Å². The summed E-state index contributed by atoms with van der Waals surface area (Å²) in [4.78, 5) is 46.1. The summed E-state index contributed by atoms with van der Waals surface area (Å²) in [5.74, 6) is -0.818. The van der Waals surface area contributed by atoms with Gasteiger partial charge < -0.3 is 9.47 Å². The van der Waals surface area contributed by atoms with E-state index in [2.05, 4.69) is 40.0 Å². The number of rotatable bonds is 5. The SMILES string of the molecule is CCn1ccc2c(CN3CCCC3)cc(-c3ccc4c(c3)CN(C3CCC(=O)NC3=O)C4=O)nc21. The lowest BCUT2D eigenvalue weighted by Gasteiger charge is -2.29. The quantitative estimate of drug-likeness (QED) is 0.578. The van der Waals surface area contributed by atoms with E-state index in [4.69, 9.17) is 4.98 Å². The second-order valence-corrected chi connectivity index (χ2v) is 9.76. The summed E-state index contributed by atoms with van der Waals surface area (Å²) in [5.41, 5.74) is 5.64. The molecule has 0 spiro atoms. The van der Waals surface area contributed by atoms with Gasteiger partial charge in [-0.1, -0.05) is 6.07 Å². The molecule has 1 atom stereocenters. The molecule has 3 amide bonds. The van der Waals surface area contributed by atoms with Crippen LogP contribution in [0.5, 0.6) is 0 Å². The van der Waals surface area contributed by atoms with Gasteiger partial charge in [0.25, 0.3) is 5.91 Å². The van der Waals surface area contributed by atoms with E-state index in [1.54, 1.807) is 4.90 Å². The maximum atomic E-state index is 13.1. The predicted octanol–water partition coefficient (Wildman–Crippen LogP) is 3.08. The molecular formula is C27H29N5O3. The average Bonchev–Trinajstić information content (AvgIpc) is 3.58. The number of aromatic nitrogens is 2. The van der Waals surface area contributed by atoms with Crippen LogP contribution in [-0.4, -0.2) is 56.2 Å². The van der Waals surface area contributed by atoms with E-state index >= 15 is 0 Å². The Morgan fingerprint density at radius 1 is 1.09 bits per heavy atom. The van der Waals surface area contributed by atoms with Crippen LogP contribution in [0.15, 0.2) is 36.5 Å². The summed E-state index contributed by atoms with van der Waals surface area (Å²) in [6.07, 6.45) is 5.22. The molecule has 1 N–H and O–H groups in total. The molecule has 0 aliphatic carbocycles. The molecule has 35 heavy (non-hydrogen) atoms. The molecule has 0 radical (unpaired) electrons. The summed E-state index contributed by atoms with van der Waals surface area (Å²) in [5, 5.41) is 3.56. The van der Waals surface area contributed by atoms with Gasteiger partial charge in [0.05, 0.1) is 5.69 Å². The Kier molecular flexibility index (Phi) is 5.40. The first-order valence-electron chi connectivity index (χ1n) is 12.5. The lowest BCUT2D eigenvalue weighted by atomic mass is 10.0. The first-order valence-corrected chi connectivity index (χ1v) is 12.5. The highest BCUT2D eigenvalue weighted by molar-refractivity contribution is 6.05. The molecule has 0 bridgehead atoms. The normalized spacial score (nSPS) is 20.7. The van der Waals surface area contributed by atoms with Gasteiger partial charge >= 0.3 is 0 Å². The zero-order chi connectivity index (χ0) is 24.1. The van der Waals surface area contributed by atoms with Crippen LogP contribution >= 0.6 is 0 Å². The van der Waals surface area contributed by atoms with E-state index in [0.717, 1.165) is 48.6 Å². The Balaban J connectivity index is 1.35. The molecule has 8 heteroatoms. The summed E-state index contributed by atoms with van der Waals surface area (Å²) in [7, 11) is 0. The Labute approximate surface area is 203 Å². The Bertz CT molecular complexity index is 1350. The third-order valence-electron chi connectivity index (χ3n) is 7.57. The number of aryl methyl sites for hydroxylation is 1. The van der Waals surface area contributed by atoms with Crippen LogP contribution in [0.2, 0.25) is 0 Å². The Morgan fingerprint density at radius 3 is 2.69 bits per heavy atom. The van der Waals surface area contributed by atoms with Crippen LogP contribution in [0, 0.1) is 0 Å². The third-order valence-corrected chi connectivity index (χ3v) is 7.57. The standard InChI is InChI=1S/C27H29N5O3/c1-2-31-12-9-20-19(15-30-10-3-4-11-30)14-22(28-25(20)31)17-5-6-21-18(13-17)16-32(27(21)35)23-7-8-24(33)29-26(23)34/h5-6,9,12-14,23H,2-4,7-8,10-11,15-16H2,1H3,(H,29,33,34). The molecule has 3 aliphatic rings. The molecule has 5 heterocycles. The molecule has 1 unspecified atom stereocenters. The first kappa shape index (κ1) is 22.0. The van der Waals surface area contributed by atoms with Crippen molar-refractivity contribution in [3.8, 4) is 11.3 Å². The molecule has 2 saturated heterocycles. The van der Waals surface area contributed by atoms with Crippen LogP contribution in [0.4, 0.5) is 0 Å². The number of piperidine rings is 1. The number of hydrogen-bond donors (Lipinski definition) is 1. The van der Waals surface area contributed by atoms with Crippen molar-refractivity contribution in [1.82, 2.24) is 24.7 Å². The van der Waals surface area contributed by atoms with E-state index in [0.29, 0.717) is 18.5 Å². The number of hydrogen-bond acceptors (Lipinski definition) is 5. The smallest absolute Gasteiger partial charge is 0.255 e. The maximum absolute atomic E-state index is 13.1. The second-order valence-electron chi connectivity index (χ2n) is 9.76. The molecule has 3 aliphatic heterocycles. The molecule has 2 aromatic heterocycles. The molecule has 6 rings (SSSR count). The van der Waals surface area contributed by atoms with Crippen molar-refractivity contribution in [3.63, 3.8) is 0 Å². The largest absolute Gasteiger partial charge is 0.333 e. The van der Waals surface area contributed by atoms with Gasteiger partial charge in [-0.3, -0.25) is 24.6 Å². The van der Waals surface area contributed by atoms with Gasteiger partial charge in [0.2, 0.25) is 11.8 Å². The van der Waals surface area contributed by atoms with Crippen molar-refractivity contribution < 1.29 is 14.4 Å². The molecule has 1 aromatic carbocycles. The van der Waals surface area contributed by atoms with Crippen LogP contribution < -0.4 is 5.32 Å². The third kappa shape index (κ3) is 3.82. The van der Waals surface area contributed by atoms with Crippen molar-refractivity contribution in [2.75, 3.05) is 13.1 Å². The minimum atomic E-state index is -0.606. The van der Waals surface area contributed by atoms with Gasteiger partial charge in [-0.05, 0) is 74.7 Å². The maximum Gasteiger partial charge on any atom is 0.255 e.